The summed E-state index contributed by atoms with van der Waals surface area (Å²) in [6.07, 6.45) is 0. The zero-order valence-corrected chi connectivity index (χ0v) is 63.3. The summed E-state index contributed by atoms with van der Waals surface area (Å²) in [6, 6.07) is 44.8. The van der Waals surface area contributed by atoms with Gasteiger partial charge in [0.2, 0.25) is 0 Å². The molecule has 532 valence electrons. The van der Waals surface area contributed by atoms with Crippen LogP contribution < -0.4 is 21.4 Å². The Balaban J connectivity index is 0.000000127. The van der Waals surface area contributed by atoms with E-state index in [-0.39, 0.29) is 46.2 Å². The van der Waals surface area contributed by atoms with Crippen LogP contribution in [0.25, 0.3) is 85.8 Å². The van der Waals surface area contributed by atoms with Crippen molar-refractivity contribution in [2.75, 3.05) is 16.0 Å². The number of anilines is 3. The second kappa shape index (κ2) is 29.6. The van der Waals surface area contributed by atoms with E-state index in [1.807, 2.05) is 141 Å². The summed E-state index contributed by atoms with van der Waals surface area (Å²) in [5.74, 6) is -2.90. The molecule has 0 aliphatic carbocycles. The van der Waals surface area contributed by atoms with Crippen LogP contribution in [0.4, 0.5) is 15.0 Å². The molecule has 3 amide bonds. The lowest BCUT2D eigenvalue weighted by Gasteiger charge is -2.32. The number of thiazole rings is 3. The molecule has 1 fully saturated rings. The molecule has 1 aliphatic rings. The number of fused-ring (bicyclic) bond motifs is 6. The van der Waals surface area contributed by atoms with E-state index in [1.165, 1.54) is 38.7 Å². The van der Waals surface area contributed by atoms with E-state index in [2.05, 4.69) is 70.7 Å². The van der Waals surface area contributed by atoms with E-state index in [1.54, 1.807) is 96.2 Å². The van der Waals surface area contributed by atoms with Crippen LogP contribution in [0, 0.1) is 6.92 Å². The lowest BCUT2D eigenvalue weighted by atomic mass is 9.79. The molecule has 0 unspecified atom stereocenters. The second-order valence-electron chi connectivity index (χ2n) is 27.2. The van der Waals surface area contributed by atoms with Crippen molar-refractivity contribution in [3.05, 3.63) is 218 Å². The molecule has 0 bridgehead atoms. The molecule has 9 aromatic heterocycles. The first-order valence-electron chi connectivity index (χ1n) is 32.8. The fourth-order valence-corrected chi connectivity index (χ4v) is 15.8. The highest BCUT2D eigenvalue weighted by molar-refractivity contribution is 7.18. The number of nitrogens with zero attached hydrogens (tertiary/aromatic N) is 3. The van der Waals surface area contributed by atoms with Crippen molar-refractivity contribution in [1.29, 1.82) is 0 Å². The molecule has 10 heterocycles. The number of hydrogen-bond donors (Lipinski definition) is 4. The SMILES string of the molecule is CC(C)(C)OC(=O)c1c(-c2ccc3scnc3c2)csc1NC(=O)c1cc2ccccc2o1.CC1(C)OB(c2ccc3scnc3c2)OC1(C)C.Cc1csc(NC(=O)c2cc3ccccc3o2)c1C(=O)OC(C)(C)C.O=C(Nc1scc(-c2ccc3scnc3c2)c1C(=O)O)c1cc2ccccc2o1. The first kappa shape index (κ1) is 72.9. The number of amides is 3. The average Bonchev–Trinajstić information content (AvgIpc) is 1.63. The molecule has 0 atom stereocenters. The van der Waals surface area contributed by atoms with Gasteiger partial charge in [0.15, 0.2) is 17.3 Å². The topological polar surface area (TPSA) is 274 Å². The van der Waals surface area contributed by atoms with E-state index >= 15 is 0 Å². The zero-order chi connectivity index (χ0) is 74.3. The van der Waals surface area contributed by atoms with Gasteiger partial charge in [-0.1, -0.05) is 72.8 Å². The normalized spacial score (nSPS) is 13.2. The van der Waals surface area contributed by atoms with Crippen molar-refractivity contribution in [1.82, 2.24) is 15.0 Å². The Bertz CT molecular complexity index is 5700. The van der Waals surface area contributed by atoms with E-state index in [4.69, 9.17) is 32.0 Å². The molecule has 1 saturated heterocycles. The molecular formula is C78H67BN6O14S6. The minimum atomic E-state index is -1.11. The van der Waals surface area contributed by atoms with E-state index in [0.717, 1.165) is 75.6 Å². The summed E-state index contributed by atoms with van der Waals surface area (Å²) in [7, 11) is -0.305. The first-order chi connectivity index (χ1) is 50.0. The number of aromatic nitrogens is 3. The third-order valence-corrected chi connectivity index (χ3v) is 22.0. The number of carboxylic acid groups (broad SMARTS) is 1. The molecule has 1 aliphatic heterocycles. The third kappa shape index (κ3) is 16.3. The van der Waals surface area contributed by atoms with Crippen LogP contribution in [0.3, 0.4) is 0 Å². The third-order valence-electron chi connectivity index (χ3n) is 16.8. The summed E-state index contributed by atoms with van der Waals surface area (Å²) in [5, 5.41) is 27.1. The van der Waals surface area contributed by atoms with Crippen molar-refractivity contribution < 1.29 is 65.9 Å². The Morgan fingerprint density at radius 2 is 0.810 bits per heavy atom. The Labute approximate surface area is 625 Å². The van der Waals surface area contributed by atoms with E-state index < -0.39 is 46.8 Å². The number of carbonyl (C=O) groups excluding carboxylic acids is 5. The molecule has 16 rings (SSSR count). The van der Waals surface area contributed by atoms with Gasteiger partial charge in [0.1, 0.15) is 54.1 Å². The molecule has 0 radical (unpaired) electrons. The van der Waals surface area contributed by atoms with Crippen LogP contribution in [0.5, 0.6) is 0 Å². The highest BCUT2D eigenvalue weighted by atomic mass is 32.1. The highest BCUT2D eigenvalue weighted by Crippen LogP contribution is 2.42. The maximum atomic E-state index is 13.2. The van der Waals surface area contributed by atoms with Gasteiger partial charge in [-0.3, -0.25) is 14.4 Å². The maximum Gasteiger partial charge on any atom is 0.494 e. The Morgan fingerprint density at radius 3 is 1.22 bits per heavy atom. The fourth-order valence-electron chi connectivity index (χ4n) is 11.0. The second-order valence-corrected chi connectivity index (χ2v) is 32.5. The summed E-state index contributed by atoms with van der Waals surface area (Å²) in [5.41, 5.74) is 13.4. The lowest BCUT2D eigenvalue weighted by molar-refractivity contribution is 0.00578. The molecular weight excluding hydrogens is 1450 g/mol. The van der Waals surface area contributed by atoms with Gasteiger partial charge in [-0.05, 0) is 176 Å². The van der Waals surface area contributed by atoms with Crippen molar-refractivity contribution in [3.8, 4) is 22.3 Å². The Kier molecular flexibility index (Phi) is 20.5. The molecule has 4 N–H and O–H groups in total. The monoisotopic (exact) mass is 1510 g/mol. The highest BCUT2D eigenvalue weighted by Gasteiger charge is 2.52. The number of aromatic carboxylic acids is 1. The number of thiophene rings is 3. The van der Waals surface area contributed by atoms with Crippen LogP contribution in [0.15, 0.2) is 192 Å². The van der Waals surface area contributed by atoms with Gasteiger partial charge in [0.05, 0.1) is 63.9 Å². The van der Waals surface area contributed by atoms with Crippen molar-refractivity contribution >= 4 is 195 Å². The summed E-state index contributed by atoms with van der Waals surface area (Å²) in [6.45, 7) is 20.9. The molecule has 15 aromatic rings. The van der Waals surface area contributed by atoms with Gasteiger partial charge in [0.25, 0.3) is 17.7 Å². The summed E-state index contributed by atoms with van der Waals surface area (Å²) >= 11 is 8.44. The zero-order valence-electron chi connectivity index (χ0n) is 58.4. The number of carboxylic acids is 1. The van der Waals surface area contributed by atoms with Crippen molar-refractivity contribution in [2.45, 2.75) is 98.6 Å². The number of ether oxygens (including phenoxy) is 2. The minimum absolute atomic E-state index is 0.0500. The van der Waals surface area contributed by atoms with E-state index in [0.29, 0.717) is 49.0 Å². The predicted molar refractivity (Wildman–Crippen MR) is 420 cm³/mol. The van der Waals surface area contributed by atoms with Gasteiger partial charge in [-0.15, -0.1) is 68.0 Å². The largest absolute Gasteiger partial charge is 0.494 e. The Morgan fingerprint density at radius 1 is 0.448 bits per heavy atom. The Hall–Kier alpha value is -10.5. The smallest absolute Gasteiger partial charge is 0.478 e. The van der Waals surface area contributed by atoms with E-state index in [9.17, 15) is 33.9 Å². The number of aryl methyl sites for hydroxylation is 1. The van der Waals surface area contributed by atoms with Gasteiger partial charge >= 0.3 is 25.0 Å². The van der Waals surface area contributed by atoms with Gasteiger partial charge in [-0.25, -0.2) is 29.3 Å². The number of rotatable bonds is 12. The quantitative estimate of drug-likeness (QED) is 0.0653. The number of benzene rings is 6. The van der Waals surface area contributed by atoms with Crippen LogP contribution in [0.2, 0.25) is 0 Å². The number of esters is 2. The number of furan rings is 3. The van der Waals surface area contributed by atoms with Crippen LogP contribution >= 0.6 is 68.0 Å². The lowest BCUT2D eigenvalue weighted by Crippen LogP contribution is -2.41. The van der Waals surface area contributed by atoms with Gasteiger partial charge in [-0.2, -0.15) is 0 Å². The van der Waals surface area contributed by atoms with Gasteiger partial charge in [0, 0.05) is 38.0 Å². The van der Waals surface area contributed by atoms with Crippen LogP contribution in [-0.2, 0) is 18.8 Å². The van der Waals surface area contributed by atoms with Gasteiger partial charge < -0.3 is 53.1 Å². The molecule has 0 spiro atoms. The molecule has 20 nitrogen and oxygen atoms in total. The molecule has 0 saturated carbocycles. The van der Waals surface area contributed by atoms with Crippen molar-refractivity contribution in [2.24, 2.45) is 0 Å². The number of carbonyl (C=O) groups is 6. The standard InChI is InChI=1S/C25H20N2O4S2.C21H12N2O4S2.C19H19NO4S.C13H16BNO2S/c1-25(2,3)31-24(29)21-16(14-8-9-20-17(10-14)26-13-33-20)12-32-23(21)27-22(28)19-11-15-6-4-5-7-18(15)30-19;24-19(16-8-12-3-1-2-4-15(12)27-16)23-20-18(21(25)26)13(9-28-20)11-5-6-17-14(7-11)22-10-29-17;1-11-10-25-17(15(11)18(22)24-19(2,3)4)20-16(21)14-9-12-7-5-6-8-13(12)23-14;1-12(2)13(3,4)17-14(16-12)9-5-6-11-10(7-9)15-8-18-11/h4-13H,1-3H3,(H,27,28);1-10H,(H,23,24)(H,25,26);5-10H,1-4H3,(H,20,21);5-8H,1-4H3. The minimum Gasteiger partial charge on any atom is -0.478 e. The number of para-hydroxylation sites is 3. The van der Waals surface area contributed by atoms with Crippen LogP contribution in [0.1, 0.15) is 138 Å². The molecule has 27 heteroatoms. The first-order valence-corrected chi connectivity index (χ1v) is 38.1. The number of nitrogens with one attached hydrogen (secondary N) is 3. The molecule has 6 aromatic carbocycles. The summed E-state index contributed by atoms with van der Waals surface area (Å²) < 4.78 is 43.3. The summed E-state index contributed by atoms with van der Waals surface area (Å²) in [4.78, 5) is 88.7. The average molecular weight is 1520 g/mol. The molecule has 105 heavy (non-hydrogen) atoms. The van der Waals surface area contributed by atoms with Crippen molar-refractivity contribution in [3.63, 3.8) is 0 Å². The van der Waals surface area contributed by atoms with Crippen LogP contribution in [-0.4, -0.2) is 85.2 Å². The number of hydrogen-bond acceptors (Lipinski definition) is 22. The fraction of sp³-hybridized carbons (Fsp3) is 0.192. The predicted octanol–water partition coefficient (Wildman–Crippen LogP) is 20.3. The maximum absolute atomic E-state index is 13.2.